The Morgan fingerprint density at radius 2 is 1.58 bits per heavy atom. The Morgan fingerprint density at radius 3 is 2.17 bits per heavy atom. The van der Waals surface area contributed by atoms with Gasteiger partial charge in [0.05, 0.1) is 6.54 Å². The van der Waals surface area contributed by atoms with Crippen LogP contribution in [0, 0.1) is 0 Å². The highest BCUT2D eigenvalue weighted by Gasteiger charge is 2.45. The van der Waals surface area contributed by atoms with Crippen molar-refractivity contribution in [2.75, 3.05) is 0 Å². The molecule has 1 fully saturated rings. The van der Waals surface area contributed by atoms with Crippen LogP contribution in [-0.4, -0.2) is 34.2 Å². The molecule has 124 valence electrons. The molecule has 0 saturated carbocycles. The van der Waals surface area contributed by atoms with E-state index in [1.807, 2.05) is 60.7 Å². The summed E-state index contributed by atoms with van der Waals surface area (Å²) in [4.78, 5) is 25.2. The Labute approximate surface area is 140 Å². The second kappa shape index (κ2) is 7.17. The molecule has 5 heteroatoms. The molecule has 5 nitrogen and oxygen atoms in total. The van der Waals surface area contributed by atoms with Gasteiger partial charge in [-0.2, -0.15) is 0 Å². The van der Waals surface area contributed by atoms with Gasteiger partial charge < -0.3 is 9.84 Å². The fourth-order valence-corrected chi connectivity index (χ4v) is 2.98. The molecule has 0 spiro atoms. The molecule has 2 aromatic carbocycles. The van der Waals surface area contributed by atoms with Gasteiger partial charge >= 0.3 is 12.1 Å². The van der Waals surface area contributed by atoms with Crippen molar-refractivity contribution in [3.8, 4) is 0 Å². The molecule has 1 aliphatic heterocycles. The second-order valence-corrected chi connectivity index (χ2v) is 5.84. The number of aliphatic carboxylic acids is 1. The van der Waals surface area contributed by atoms with Gasteiger partial charge in [-0.1, -0.05) is 60.7 Å². The minimum atomic E-state index is -1.03. The summed E-state index contributed by atoms with van der Waals surface area (Å²) < 4.78 is 5.35. The topological polar surface area (TPSA) is 66.8 Å². The van der Waals surface area contributed by atoms with Crippen molar-refractivity contribution in [3.63, 3.8) is 0 Å². The van der Waals surface area contributed by atoms with Gasteiger partial charge in [0.1, 0.15) is 6.10 Å². The van der Waals surface area contributed by atoms with Gasteiger partial charge in [0.25, 0.3) is 0 Å². The molecule has 1 N–H and O–H groups in total. The highest BCUT2D eigenvalue weighted by molar-refractivity contribution is 5.83. The Balaban J connectivity index is 1.71. The van der Waals surface area contributed by atoms with Crippen LogP contribution >= 0.6 is 0 Å². The Bertz CT molecular complexity index is 702. The van der Waals surface area contributed by atoms with Crippen LogP contribution < -0.4 is 0 Å². The van der Waals surface area contributed by atoms with E-state index in [1.54, 1.807) is 0 Å². The van der Waals surface area contributed by atoms with Gasteiger partial charge in [-0.25, -0.2) is 9.59 Å². The zero-order chi connectivity index (χ0) is 16.9. The minimum absolute atomic E-state index is 0.235. The lowest BCUT2D eigenvalue weighted by atomic mass is 10.0. The predicted molar refractivity (Wildman–Crippen MR) is 88.4 cm³/mol. The largest absolute Gasteiger partial charge is 0.480 e. The molecule has 1 amide bonds. The summed E-state index contributed by atoms with van der Waals surface area (Å²) in [6.07, 6.45) is -0.0528. The average molecular weight is 325 g/mol. The standard InChI is InChI=1S/C19H19NO4/c21-18(22)17-16(12-11-14-7-3-1-4-8-14)24-19(23)20(17)13-15-9-5-2-6-10-15/h1-10,16-17H,11-13H2,(H,21,22)/t16-,17+/m0/s1. The van der Waals surface area contributed by atoms with E-state index >= 15 is 0 Å². The Hall–Kier alpha value is -2.82. The van der Waals surface area contributed by atoms with E-state index in [2.05, 4.69) is 0 Å². The molecule has 1 heterocycles. The van der Waals surface area contributed by atoms with Crippen molar-refractivity contribution in [2.24, 2.45) is 0 Å². The molecule has 3 rings (SSSR count). The van der Waals surface area contributed by atoms with Crippen LogP contribution in [0.3, 0.4) is 0 Å². The summed E-state index contributed by atoms with van der Waals surface area (Å²) in [5, 5.41) is 9.57. The molecule has 24 heavy (non-hydrogen) atoms. The molecular weight excluding hydrogens is 306 g/mol. The molecular formula is C19H19NO4. The number of hydrogen-bond donors (Lipinski definition) is 1. The maximum absolute atomic E-state index is 12.2. The minimum Gasteiger partial charge on any atom is -0.480 e. The number of cyclic esters (lactones) is 1. The third-order valence-corrected chi connectivity index (χ3v) is 4.18. The summed E-state index contributed by atoms with van der Waals surface area (Å²) >= 11 is 0. The lowest BCUT2D eigenvalue weighted by Gasteiger charge is -2.21. The van der Waals surface area contributed by atoms with Crippen LogP contribution in [0.4, 0.5) is 4.79 Å². The number of carboxylic acids is 1. The number of aryl methyl sites for hydroxylation is 1. The zero-order valence-electron chi connectivity index (χ0n) is 13.2. The number of nitrogens with zero attached hydrogens (tertiary/aromatic N) is 1. The summed E-state index contributed by atoms with van der Waals surface area (Å²) in [5.41, 5.74) is 1.98. The van der Waals surface area contributed by atoms with Gasteiger partial charge in [-0.15, -0.1) is 0 Å². The predicted octanol–water partition coefficient (Wildman–Crippen LogP) is 3.09. The van der Waals surface area contributed by atoms with E-state index in [1.165, 1.54) is 4.90 Å². The van der Waals surface area contributed by atoms with Crippen molar-refractivity contribution in [1.29, 1.82) is 0 Å². The quantitative estimate of drug-likeness (QED) is 0.886. The smallest absolute Gasteiger partial charge is 0.411 e. The number of carbonyl (C=O) groups is 2. The summed E-state index contributed by atoms with van der Waals surface area (Å²) in [5.74, 6) is -1.03. The molecule has 0 radical (unpaired) electrons. The number of ether oxygens (including phenoxy) is 1. The Morgan fingerprint density at radius 1 is 1.00 bits per heavy atom. The molecule has 0 unspecified atom stereocenters. The molecule has 2 aromatic rings. The maximum Gasteiger partial charge on any atom is 0.411 e. The van der Waals surface area contributed by atoms with Crippen molar-refractivity contribution in [2.45, 2.75) is 31.5 Å². The van der Waals surface area contributed by atoms with Gasteiger partial charge in [0.2, 0.25) is 0 Å². The molecule has 2 atom stereocenters. The first kappa shape index (κ1) is 16.1. The fourth-order valence-electron chi connectivity index (χ4n) is 2.98. The van der Waals surface area contributed by atoms with Gasteiger partial charge in [0, 0.05) is 0 Å². The van der Waals surface area contributed by atoms with E-state index < -0.39 is 24.2 Å². The number of amides is 1. The average Bonchev–Trinajstić information content (AvgIpc) is 2.91. The van der Waals surface area contributed by atoms with Crippen LogP contribution in [0.2, 0.25) is 0 Å². The van der Waals surface area contributed by atoms with Crippen molar-refractivity contribution < 1.29 is 19.4 Å². The van der Waals surface area contributed by atoms with E-state index in [0.717, 1.165) is 11.1 Å². The van der Waals surface area contributed by atoms with E-state index in [-0.39, 0.29) is 6.54 Å². The van der Waals surface area contributed by atoms with Gasteiger partial charge in [0.15, 0.2) is 6.04 Å². The van der Waals surface area contributed by atoms with Crippen LogP contribution in [0.25, 0.3) is 0 Å². The van der Waals surface area contributed by atoms with Gasteiger partial charge in [-0.3, -0.25) is 4.90 Å². The normalized spacial score (nSPS) is 20.0. The molecule has 1 saturated heterocycles. The molecule has 0 aliphatic carbocycles. The van der Waals surface area contributed by atoms with Crippen LogP contribution in [0.1, 0.15) is 17.5 Å². The third-order valence-electron chi connectivity index (χ3n) is 4.18. The number of hydrogen-bond acceptors (Lipinski definition) is 3. The lowest BCUT2D eigenvalue weighted by molar-refractivity contribution is -0.143. The SMILES string of the molecule is O=C(O)[C@H]1[C@H](CCc2ccccc2)OC(=O)N1Cc1ccccc1. The lowest BCUT2D eigenvalue weighted by Crippen LogP contribution is -2.42. The number of benzene rings is 2. The molecule has 1 aliphatic rings. The summed E-state index contributed by atoms with van der Waals surface area (Å²) in [7, 11) is 0. The highest BCUT2D eigenvalue weighted by Crippen LogP contribution is 2.25. The number of carboxylic acid groups (broad SMARTS) is 1. The monoisotopic (exact) mass is 325 g/mol. The fraction of sp³-hybridized carbons (Fsp3) is 0.263. The first-order valence-corrected chi connectivity index (χ1v) is 7.93. The molecule has 0 bridgehead atoms. The molecule has 0 aromatic heterocycles. The van der Waals surface area contributed by atoms with E-state index in [0.29, 0.717) is 12.8 Å². The van der Waals surface area contributed by atoms with Crippen molar-refractivity contribution >= 4 is 12.1 Å². The van der Waals surface area contributed by atoms with Crippen molar-refractivity contribution in [3.05, 3.63) is 71.8 Å². The first-order valence-electron chi connectivity index (χ1n) is 7.93. The highest BCUT2D eigenvalue weighted by atomic mass is 16.6. The summed E-state index contributed by atoms with van der Waals surface area (Å²) in [6.45, 7) is 0.235. The van der Waals surface area contributed by atoms with E-state index in [4.69, 9.17) is 4.74 Å². The van der Waals surface area contributed by atoms with Crippen molar-refractivity contribution in [1.82, 2.24) is 4.90 Å². The Kier molecular flexibility index (Phi) is 4.79. The summed E-state index contributed by atoms with van der Waals surface area (Å²) in [6, 6.07) is 18.1. The second-order valence-electron chi connectivity index (χ2n) is 5.84. The van der Waals surface area contributed by atoms with Crippen LogP contribution in [0.5, 0.6) is 0 Å². The number of carbonyl (C=O) groups excluding carboxylic acids is 1. The zero-order valence-corrected chi connectivity index (χ0v) is 13.2. The third kappa shape index (κ3) is 3.56. The van der Waals surface area contributed by atoms with E-state index in [9.17, 15) is 14.7 Å². The first-order chi connectivity index (χ1) is 11.6. The van der Waals surface area contributed by atoms with Crippen LogP contribution in [0.15, 0.2) is 60.7 Å². The van der Waals surface area contributed by atoms with Gasteiger partial charge in [-0.05, 0) is 24.0 Å². The van der Waals surface area contributed by atoms with Crippen LogP contribution in [-0.2, 0) is 22.5 Å². The maximum atomic E-state index is 12.2. The number of rotatable bonds is 6.